The molecular weight excluding hydrogens is 306 g/mol. The quantitative estimate of drug-likeness (QED) is 0.539. The molecule has 1 unspecified atom stereocenters. The molecule has 0 aromatic carbocycles. The van der Waals surface area contributed by atoms with Crippen LogP contribution in [0.5, 0.6) is 0 Å². The molecule has 0 aromatic rings. The predicted molar refractivity (Wildman–Crippen MR) is 85.6 cm³/mol. The zero-order valence-corrected chi connectivity index (χ0v) is 15.1. The Kier molecular flexibility index (Phi) is 7.61. The second-order valence-corrected chi connectivity index (χ2v) is 8.47. The summed E-state index contributed by atoms with van der Waals surface area (Å²) in [5.41, 5.74) is 0. The number of carbonyl (C=O) groups excluding carboxylic acids is 1. The molecule has 6 nitrogen and oxygen atoms in total. The SMILES string of the molecule is CCC1(CC[C@@H](CC(=O)OC)N[S+]([O-])C(C)(C)C)OCCO1. The number of nitrogens with one attached hydrogen (secondary N) is 1. The number of hydrogen-bond acceptors (Lipinski definition) is 6. The maximum absolute atomic E-state index is 12.3. The monoisotopic (exact) mass is 335 g/mol. The van der Waals surface area contributed by atoms with Gasteiger partial charge in [0, 0.05) is 17.8 Å². The number of esters is 1. The third-order valence-electron chi connectivity index (χ3n) is 3.70. The summed E-state index contributed by atoms with van der Waals surface area (Å²) in [6.45, 7) is 8.88. The van der Waals surface area contributed by atoms with Gasteiger partial charge in [-0.05, 0) is 33.6 Å². The Morgan fingerprint density at radius 3 is 2.45 bits per heavy atom. The molecule has 2 atom stereocenters. The van der Waals surface area contributed by atoms with Crippen molar-refractivity contribution in [3.63, 3.8) is 0 Å². The van der Waals surface area contributed by atoms with Crippen LogP contribution in [0.2, 0.25) is 0 Å². The van der Waals surface area contributed by atoms with E-state index in [1.54, 1.807) is 0 Å². The Labute approximate surface area is 136 Å². The molecule has 1 rings (SSSR count). The number of rotatable bonds is 8. The van der Waals surface area contributed by atoms with Crippen LogP contribution in [0.3, 0.4) is 0 Å². The fourth-order valence-electron chi connectivity index (χ4n) is 2.23. The van der Waals surface area contributed by atoms with Gasteiger partial charge in [0.2, 0.25) is 0 Å². The van der Waals surface area contributed by atoms with E-state index in [0.29, 0.717) is 26.1 Å². The molecule has 1 N–H and O–H groups in total. The normalized spacial score (nSPS) is 20.6. The van der Waals surface area contributed by atoms with E-state index in [0.717, 1.165) is 6.42 Å². The minimum atomic E-state index is -1.24. The van der Waals surface area contributed by atoms with Crippen molar-refractivity contribution >= 4 is 17.3 Å². The van der Waals surface area contributed by atoms with E-state index in [-0.39, 0.29) is 18.4 Å². The van der Waals surface area contributed by atoms with Gasteiger partial charge in [0.05, 0.1) is 32.8 Å². The summed E-state index contributed by atoms with van der Waals surface area (Å²) in [7, 11) is 1.36. The Bertz CT molecular complexity index is 352. The first-order valence-corrected chi connectivity index (χ1v) is 8.90. The van der Waals surface area contributed by atoms with E-state index in [2.05, 4.69) is 4.72 Å². The molecule has 0 spiro atoms. The maximum atomic E-state index is 12.3. The van der Waals surface area contributed by atoms with E-state index in [1.807, 2.05) is 27.7 Å². The number of ether oxygens (including phenoxy) is 3. The first-order valence-electron chi connectivity index (χ1n) is 7.75. The summed E-state index contributed by atoms with van der Waals surface area (Å²) in [6.07, 6.45) is 2.21. The van der Waals surface area contributed by atoms with Crippen molar-refractivity contribution in [3.05, 3.63) is 0 Å². The molecule has 1 fully saturated rings. The molecule has 0 aromatic heterocycles. The van der Waals surface area contributed by atoms with Crippen molar-refractivity contribution in [2.75, 3.05) is 20.3 Å². The standard InChI is InChI=1S/C15H29NO5S/c1-6-15(20-9-10-21-15)8-7-12(11-13(17)19-5)16-22(18)14(2,3)4/h12,16H,6-11H2,1-5H3/t12-,22?/m0/s1. The van der Waals surface area contributed by atoms with Crippen molar-refractivity contribution < 1.29 is 23.6 Å². The average molecular weight is 335 g/mol. The molecule has 1 heterocycles. The van der Waals surface area contributed by atoms with Crippen LogP contribution in [0.15, 0.2) is 0 Å². The molecule has 1 aliphatic heterocycles. The van der Waals surface area contributed by atoms with E-state index in [1.165, 1.54) is 7.11 Å². The molecule has 22 heavy (non-hydrogen) atoms. The zero-order chi connectivity index (χ0) is 16.8. The number of carbonyl (C=O) groups is 1. The van der Waals surface area contributed by atoms with Gasteiger partial charge in [0.1, 0.15) is 4.75 Å². The maximum Gasteiger partial charge on any atom is 0.307 e. The van der Waals surface area contributed by atoms with Gasteiger partial charge in [-0.3, -0.25) is 4.79 Å². The minimum Gasteiger partial charge on any atom is -0.598 e. The molecular formula is C15H29NO5S. The predicted octanol–water partition coefficient (Wildman–Crippen LogP) is 1.90. The van der Waals surface area contributed by atoms with Crippen molar-refractivity contribution in [2.24, 2.45) is 0 Å². The van der Waals surface area contributed by atoms with Gasteiger partial charge < -0.3 is 18.8 Å². The van der Waals surface area contributed by atoms with Gasteiger partial charge in [0.15, 0.2) is 5.79 Å². The summed E-state index contributed by atoms with van der Waals surface area (Å²) < 4.78 is 31.1. The highest BCUT2D eigenvalue weighted by molar-refractivity contribution is 7.90. The smallest absolute Gasteiger partial charge is 0.307 e. The first-order chi connectivity index (χ1) is 10.2. The van der Waals surface area contributed by atoms with Crippen molar-refractivity contribution in [3.8, 4) is 0 Å². The van der Waals surface area contributed by atoms with Crippen LogP contribution in [0, 0.1) is 0 Å². The van der Waals surface area contributed by atoms with Gasteiger partial charge in [0.25, 0.3) is 0 Å². The Morgan fingerprint density at radius 1 is 1.41 bits per heavy atom. The largest absolute Gasteiger partial charge is 0.598 e. The molecule has 7 heteroatoms. The lowest BCUT2D eigenvalue weighted by molar-refractivity contribution is -0.165. The Hall–Kier alpha value is -0.340. The average Bonchev–Trinajstić information content (AvgIpc) is 2.93. The van der Waals surface area contributed by atoms with Gasteiger partial charge in [-0.1, -0.05) is 6.92 Å². The van der Waals surface area contributed by atoms with Crippen LogP contribution < -0.4 is 4.72 Å². The fraction of sp³-hybridized carbons (Fsp3) is 0.933. The lowest BCUT2D eigenvalue weighted by atomic mass is 10.0. The van der Waals surface area contributed by atoms with E-state index < -0.39 is 21.9 Å². The fourth-order valence-corrected chi connectivity index (χ4v) is 3.09. The Morgan fingerprint density at radius 2 is 2.00 bits per heavy atom. The third-order valence-corrected chi connectivity index (χ3v) is 5.36. The van der Waals surface area contributed by atoms with E-state index >= 15 is 0 Å². The zero-order valence-electron chi connectivity index (χ0n) is 14.3. The van der Waals surface area contributed by atoms with Crippen LogP contribution in [0.4, 0.5) is 0 Å². The van der Waals surface area contributed by atoms with Crippen LogP contribution in [0.25, 0.3) is 0 Å². The highest BCUT2D eigenvalue weighted by Gasteiger charge is 2.37. The highest BCUT2D eigenvalue weighted by atomic mass is 32.2. The number of methoxy groups -OCH3 is 1. The summed E-state index contributed by atoms with van der Waals surface area (Å²) in [4.78, 5) is 11.6. The molecule has 1 aliphatic rings. The molecule has 0 aliphatic carbocycles. The lowest BCUT2D eigenvalue weighted by Crippen LogP contribution is -2.46. The van der Waals surface area contributed by atoms with Crippen LogP contribution in [-0.4, -0.2) is 47.4 Å². The molecule has 1 saturated heterocycles. The first kappa shape index (κ1) is 19.7. The molecule has 0 amide bonds. The van der Waals surface area contributed by atoms with Gasteiger partial charge in [-0.2, -0.15) is 0 Å². The molecule has 0 bridgehead atoms. The van der Waals surface area contributed by atoms with Gasteiger partial charge in [-0.15, -0.1) is 4.72 Å². The van der Waals surface area contributed by atoms with E-state index in [9.17, 15) is 9.35 Å². The molecule has 130 valence electrons. The van der Waals surface area contributed by atoms with Crippen molar-refractivity contribution in [1.29, 1.82) is 0 Å². The second kappa shape index (κ2) is 8.49. The van der Waals surface area contributed by atoms with Crippen molar-refractivity contribution in [2.45, 2.75) is 70.0 Å². The Balaban J connectivity index is 2.63. The topological polar surface area (TPSA) is 79.9 Å². The molecule has 0 radical (unpaired) electrons. The number of hydrogen-bond donors (Lipinski definition) is 1. The second-order valence-electron chi connectivity index (χ2n) is 6.48. The van der Waals surface area contributed by atoms with Gasteiger partial charge in [-0.25, -0.2) is 0 Å². The molecule has 0 saturated carbocycles. The van der Waals surface area contributed by atoms with Gasteiger partial charge >= 0.3 is 5.97 Å². The summed E-state index contributed by atoms with van der Waals surface area (Å²) in [5, 5.41) is 0. The summed E-state index contributed by atoms with van der Waals surface area (Å²) >= 11 is -1.24. The van der Waals surface area contributed by atoms with Crippen LogP contribution in [0.1, 0.15) is 53.4 Å². The summed E-state index contributed by atoms with van der Waals surface area (Å²) in [6, 6.07) is -0.233. The third kappa shape index (κ3) is 6.04. The van der Waals surface area contributed by atoms with Crippen molar-refractivity contribution in [1.82, 2.24) is 4.72 Å². The minimum absolute atomic E-state index is 0.179. The van der Waals surface area contributed by atoms with E-state index in [4.69, 9.17) is 14.2 Å². The van der Waals surface area contributed by atoms with Crippen LogP contribution in [-0.2, 0) is 30.4 Å². The van der Waals surface area contributed by atoms with Crippen LogP contribution >= 0.6 is 0 Å². The summed E-state index contributed by atoms with van der Waals surface area (Å²) in [5.74, 6) is -0.888. The lowest BCUT2D eigenvalue weighted by Gasteiger charge is -2.30. The highest BCUT2D eigenvalue weighted by Crippen LogP contribution is 2.29.